The zero-order valence-electron chi connectivity index (χ0n) is 25.6. The molecule has 0 N–H and O–H groups in total. The van der Waals surface area contributed by atoms with Crippen molar-refractivity contribution in [2.75, 3.05) is 0 Å². The van der Waals surface area contributed by atoms with Crippen molar-refractivity contribution in [2.24, 2.45) is 0 Å². The molecule has 0 aliphatic heterocycles. The van der Waals surface area contributed by atoms with E-state index in [0.29, 0.717) is 0 Å². The Bertz CT molecular complexity index is 2790. The molecule has 218 valence electrons. The van der Waals surface area contributed by atoms with Gasteiger partial charge in [-0.2, -0.15) is 0 Å². The number of hydrogen-bond donors (Lipinski definition) is 0. The first kappa shape index (κ1) is 26.0. The molecule has 0 aliphatic rings. The van der Waals surface area contributed by atoms with Crippen LogP contribution in [-0.4, -0.2) is 9.38 Å². The van der Waals surface area contributed by atoms with Crippen molar-refractivity contribution in [3.05, 3.63) is 170 Å². The van der Waals surface area contributed by atoms with Gasteiger partial charge in [-0.15, -0.1) is 0 Å². The molecule has 2 heteroatoms. The fourth-order valence-electron chi connectivity index (χ4n) is 7.66. The predicted octanol–water partition coefficient (Wildman–Crippen LogP) is 12.1. The van der Waals surface area contributed by atoms with Gasteiger partial charge in [-0.1, -0.05) is 133 Å². The zero-order chi connectivity index (χ0) is 30.9. The summed E-state index contributed by atoms with van der Waals surface area (Å²) >= 11 is 0. The molecule has 0 saturated carbocycles. The standard InChI is InChI=1S/C45H28N2/c1-2-15-34-29(11-1)12-10-20-35(34)45-38-18-5-3-16-36(38)44(37-17-4-6-19-39(37)45)33-14-9-13-31(27-33)32-24-23-30-25-26-43-46-40-21-7-8-22-41(40)47(43)42(30)28-32/h1-28H. The Morgan fingerprint density at radius 1 is 0.362 bits per heavy atom. The Hall–Kier alpha value is -6.25. The molecule has 47 heavy (non-hydrogen) atoms. The highest BCUT2D eigenvalue weighted by Crippen LogP contribution is 2.45. The van der Waals surface area contributed by atoms with Crippen LogP contribution in [0.5, 0.6) is 0 Å². The summed E-state index contributed by atoms with van der Waals surface area (Å²) in [7, 11) is 0. The molecule has 10 aromatic rings. The molecule has 0 fully saturated rings. The number of hydrogen-bond acceptors (Lipinski definition) is 1. The maximum Gasteiger partial charge on any atom is 0.138 e. The van der Waals surface area contributed by atoms with Crippen molar-refractivity contribution >= 4 is 59.9 Å². The summed E-state index contributed by atoms with van der Waals surface area (Å²) in [5.41, 5.74) is 11.7. The summed E-state index contributed by atoms with van der Waals surface area (Å²) in [6.45, 7) is 0. The number of aromatic nitrogens is 2. The molecular formula is C45H28N2. The second-order valence-electron chi connectivity index (χ2n) is 12.3. The van der Waals surface area contributed by atoms with Gasteiger partial charge in [0.25, 0.3) is 0 Å². The summed E-state index contributed by atoms with van der Waals surface area (Å²) in [4.78, 5) is 4.89. The van der Waals surface area contributed by atoms with Crippen LogP contribution < -0.4 is 0 Å². The van der Waals surface area contributed by atoms with Crippen molar-refractivity contribution < 1.29 is 0 Å². The summed E-state index contributed by atoms with van der Waals surface area (Å²) < 4.78 is 2.28. The molecule has 0 unspecified atom stereocenters. The highest BCUT2D eigenvalue weighted by Gasteiger charge is 2.18. The lowest BCUT2D eigenvalue weighted by molar-refractivity contribution is 1.30. The van der Waals surface area contributed by atoms with E-state index in [4.69, 9.17) is 4.98 Å². The van der Waals surface area contributed by atoms with Crippen LogP contribution in [0.4, 0.5) is 0 Å². The Balaban J connectivity index is 1.22. The average Bonchev–Trinajstić information content (AvgIpc) is 3.53. The highest BCUT2D eigenvalue weighted by molar-refractivity contribution is 6.23. The highest BCUT2D eigenvalue weighted by atomic mass is 15.0. The lowest BCUT2D eigenvalue weighted by atomic mass is 9.84. The quantitative estimate of drug-likeness (QED) is 0.185. The van der Waals surface area contributed by atoms with Crippen LogP contribution in [-0.2, 0) is 0 Å². The monoisotopic (exact) mass is 596 g/mol. The van der Waals surface area contributed by atoms with Gasteiger partial charge < -0.3 is 0 Å². The maximum atomic E-state index is 4.89. The Kier molecular flexibility index (Phi) is 5.61. The average molecular weight is 597 g/mol. The lowest BCUT2D eigenvalue weighted by Gasteiger charge is -2.19. The van der Waals surface area contributed by atoms with Gasteiger partial charge in [-0.3, -0.25) is 4.40 Å². The van der Waals surface area contributed by atoms with Crippen molar-refractivity contribution in [3.8, 4) is 33.4 Å². The van der Waals surface area contributed by atoms with E-state index in [-0.39, 0.29) is 0 Å². The van der Waals surface area contributed by atoms with Crippen molar-refractivity contribution in [1.82, 2.24) is 9.38 Å². The SMILES string of the molecule is c1cc(-c2ccc3ccc4nc5ccccc5n4c3c2)cc(-c2c3ccccc3c(-c3cccc4ccccc34)c3ccccc23)c1. The molecule has 8 aromatic carbocycles. The second kappa shape index (κ2) is 10.1. The van der Waals surface area contributed by atoms with E-state index in [1.165, 1.54) is 71.1 Å². The maximum absolute atomic E-state index is 4.89. The predicted molar refractivity (Wildman–Crippen MR) is 199 cm³/mol. The number of fused-ring (bicyclic) bond motifs is 8. The van der Waals surface area contributed by atoms with Gasteiger partial charge in [0.05, 0.1) is 16.6 Å². The van der Waals surface area contributed by atoms with Gasteiger partial charge in [0.1, 0.15) is 5.65 Å². The lowest BCUT2D eigenvalue weighted by Crippen LogP contribution is -1.92. The Morgan fingerprint density at radius 3 is 1.77 bits per heavy atom. The van der Waals surface area contributed by atoms with E-state index < -0.39 is 0 Å². The molecule has 0 atom stereocenters. The smallest absolute Gasteiger partial charge is 0.138 e. The van der Waals surface area contributed by atoms with E-state index >= 15 is 0 Å². The molecule has 2 heterocycles. The molecular weight excluding hydrogens is 569 g/mol. The number of benzene rings is 8. The van der Waals surface area contributed by atoms with Gasteiger partial charge in [0.15, 0.2) is 0 Å². The molecule has 0 spiro atoms. The van der Waals surface area contributed by atoms with Crippen LogP contribution in [0.2, 0.25) is 0 Å². The molecule has 0 radical (unpaired) electrons. The van der Waals surface area contributed by atoms with Gasteiger partial charge in [-0.25, -0.2) is 4.98 Å². The van der Waals surface area contributed by atoms with E-state index in [2.05, 4.69) is 174 Å². The van der Waals surface area contributed by atoms with E-state index in [1.54, 1.807) is 0 Å². The molecule has 0 bridgehead atoms. The fourth-order valence-corrected chi connectivity index (χ4v) is 7.66. The first-order chi connectivity index (χ1) is 23.3. The molecule has 2 nitrogen and oxygen atoms in total. The third-order valence-electron chi connectivity index (χ3n) is 9.75. The van der Waals surface area contributed by atoms with Gasteiger partial charge in [-0.05, 0) is 107 Å². The van der Waals surface area contributed by atoms with Gasteiger partial charge in [0, 0.05) is 0 Å². The van der Waals surface area contributed by atoms with Gasteiger partial charge >= 0.3 is 0 Å². The number of para-hydroxylation sites is 2. The van der Waals surface area contributed by atoms with Crippen molar-refractivity contribution in [1.29, 1.82) is 0 Å². The van der Waals surface area contributed by atoms with Crippen LogP contribution in [0.3, 0.4) is 0 Å². The van der Waals surface area contributed by atoms with E-state index in [9.17, 15) is 0 Å². The topological polar surface area (TPSA) is 17.3 Å². The molecule has 0 amide bonds. The second-order valence-corrected chi connectivity index (χ2v) is 12.3. The Labute approximate surface area is 271 Å². The molecule has 10 rings (SSSR count). The largest absolute Gasteiger partial charge is 0.292 e. The third-order valence-corrected chi connectivity index (χ3v) is 9.75. The van der Waals surface area contributed by atoms with Crippen LogP contribution in [0.1, 0.15) is 0 Å². The minimum atomic E-state index is 0.967. The number of pyridine rings is 1. The van der Waals surface area contributed by atoms with Crippen molar-refractivity contribution in [3.63, 3.8) is 0 Å². The summed E-state index contributed by atoms with van der Waals surface area (Å²) in [5.74, 6) is 0. The molecule has 2 aromatic heterocycles. The van der Waals surface area contributed by atoms with Crippen molar-refractivity contribution in [2.45, 2.75) is 0 Å². The van der Waals surface area contributed by atoms with Crippen LogP contribution in [0.15, 0.2) is 170 Å². The zero-order valence-corrected chi connectivity index (χ0v) is 25.6. The van der Waals surface area contributed by atoms with Crippen LogP contribution in [0.25, 0.3) is 93.3 Å². The third kappa shape index (κ3) is 3.95. The van der Waals surface area contributed by atoms with E-state index in [1.807, 2.05) is 0 Å². The number of rotatable bonds is 3. The normalized spacial score (nSPS) is 11.8. The molecule has 0 saturated heterocycles. The fraction of sp³-hybridized carbons (Fsp3) is 0. The number of imidazole rings is 1. The first-order valence-electron chi connectivity index (χ1n) is 16.1. The Morgan fingerprint density at radius 2 is 0.957 bits per heavy atom. The summed E-state index contributed by atoms with van der Waals surface area (Å²) in [6, 6.07) is 61.7. The summed E-state index contributed by atoms with van der Waals surface area (Å²) in [6.07, 6.45) is 0. The van der Waals surface area contributed by atoms with E-state index in [0.717, 1.165) is 22.2 Å². The van der Waals surface area contributed by atoms with Crippen LogP contribution in [0, 0.1) is 0 Å². The van der Waals surface area contributed by atoms with Crippen LogP contribution >= 0.6 is 0 Å². The summed E-state index contributed by atoms with van der Waals surface area (Å²) in [5, 5.41) is 8.78. The minimum Gasteiger partial charge on any atom is -0.292 e. The number of nitrogens with zero attached hydrogens (tertiary/aromatic N) is 2. The molecule has 0 aliphatic carbocycles. The van der Waals surface area contributed by atoms with Gasteiger partial charge in [0.2, 0.25) is 0 Å². The minimum absolute atomic E-state index is 0.967. The first-order valence-corrected chi connectivity index (χ1v) is 16.1.